The Balaban J connectivity index is 2.03. The van der Waals surface area contributed by atoms with Gasteiger partial charge in [0.2, 0.25) is 0 Å². The van der Waals surface area contributed by atoms with Gasteiger partial charge < -0.3 is 5.11 Å². The molecule has 0 amide bonds. The average Bonchev–Trinajstić information content (AvgIpc) is 2.88. The van der Waals surface area contributed by atoms with Crippen LogP contribution < -0.4 is 0 Å². The summed E-state index contributed by atoms with van der Waals surface area (Å²) in [4.78, 5) is 20.6. The minimum absolute atomic E-state index is 0.208. The summed E-state index contributed by atoms with van der Waals surface area (Å²) in [5.41, 5.74) is 4.21. The molecule has 1 N–H and O–H groups in total. The number of hydrogen-bond acceptors (Lipinski definition) is 3. The molecule has 1 aliphatic rings. The van der Waals surface area contributed by atoms with Crippen molar-refractivity contribution in [1.82, 2.24) is 9.55 Å². The minimum Gasteiger partial charge on any atom is -0.478 e. The van der Waals surface area contributed by atoms with E-state index in [1.54, 1.807) is 30.5 Å². The number of benzene rings is 2. The van der Waals surface area contributed by atoms with Crippen LogP contribution in [0.2, 0.25) is 5.02 Å². The molecule has 2 aromatic carbocycles. The lowest BCUT2D eigenvalue weighted by atomic mass is 9.98. The maximum absolute atomic E-state index is 11.5. The highest BCUT2D eigenvalue weighted by molar-refractivity contribution is 6.35. The quantitative estimate of drug-likeness (QED) is 0.761. The van der Waals surface area contributed by atoms with Crippen molar-refractivity contribution in [2.45, 2.75) is 13.5 Å². The number of carboxylic acids is 1. The van der Waals surface area contributed by atoms with Crippen LogP contribution in [0.15, 0.2) is 53.7 Å². The summed E-state index contributed by atoms with van der Waals surface area (Å²) in [5.74, 6) is -0.169. The van der Waals surface area contributed by atoms with E-state index in [4.69, 9.17) is 16.6 Å². The van der Waals surface area contributed by atoms with Crippen LogP contribution in [0.25, 0.3) is 5.69 Å². The molecule has 0 fully saturated rings. The fourth-order valence-electron chi connectivity index (χ4n) is 3.10. The van der Waals surface area contributed by atoms with Gasteiger partial charge in [-0.05, 0) is 31.2 Å². The Morgan fingerprint density at radius 3 is 2.76 bits per heavy atom. The zero-order valence-electron chi connectivity index (χ0n) is 13.4. The molecular weight excluding hydrogens is 338 g/mol. The van der Waals surface area contributed by atoms with Crippen molar-refractivity contribution in [2.24, 2.45) is 4.99 Å². The smallest absolute Gasteiger partial charge is 0.335 e. The number of aromatic nitrogens is 2. The van der Waals surface area contributed by atoms with E-state index in [0.29, 0.717) is 17.3 Å². The number of nitrogens with zero attached hydrogens (tertiary/aromatic N) is 3. The fourth-order valence-corrected chi connectivity index (χ4v) is 3.32. The van der Waals surface area contributed by atoms with Crippen LogP contribution in [-0.4, -0.2) is 26.3 Å². The number of fused-ring (bicyclic) bond motifs is 3. The predicted octanol–water partition coefficient (Wildman–Crippen LogP) is 3.88. The second-order valence-corrected chi connectivity index (χ2v) is 6.24. The molecule has 5 nitrogen and oxygen atoms in total. The van der Waals surface area contributed by atoms with Crippen molar-refractivity contribution in [3.8, 4) is 5.69 Å². The molecule has 2 heterocycles. The molecule has 124 valence electrons. The highest BCUT2D eigenvalue weighted by Gasteiger charge is 2.23. The molecular formula is C19H14ClN3O2. The number of rotatable bonds is 2. The van der Waals surface area contributed by atoms with Crippen LogP contribution in [0.1, 0.15) is 33.0 Å². The molecule has 0 aliphatic carbocycles. The third-order valence-electron chi connectivity index (χ3n) is 4.26. The summed E-state index contributed by atoms with van der Waals surface area (Å²) in [6, 6.07) is 12.5. The Morgan fingerprint density at radius 1 is 1.20 bits per heavy atom. The first-order valence-corrected chi connectivity index (χ1v) is 8.14. The van der Waals surface area contributed by atoms with Crippen LogP contribution >= 0.6 is 11.6 Å². The van der Waals surface area contributed by atoms with Crippen molar-refractivity contribution in [3.05, 3.63) is 81.9 Å². The molecule has 0 spiro atoms. The standard InChI is InChI=1S/C19H14ClN3O2/c1-11-9-21-17-10-22-18(13-4-2-3-5-15(13)20)14-8-12(19(24)25)6-7-16(14)23(11)17/h2-9H,10H2,1H3,(H,24,25). The first-order valence-electron chi connectivity index (χ1n) is 7.77. The molecule has 0 saturated carbocycles. The lowest BCUT2D eigenvalue weighted by Crippen LogP contribution is -2.10. The summed E-state index contributed by atoms with van der Waals surface area (Å²) >= 11 is 6.38. The number of halogens is 1. The second kappa shape index (κ2) is 5.86. The maximum Gasteiger partial charge on any atom is 0.335 e. The molecule has 1 aliphatic heterocycles. The summed E-state index contributed by atoms with van der Waals surface area (Å²) < 4.78 is 2.01. The van der Waals surface area contributed by atoms with Crippen LogP contribution in [0.3, 0.4) is 0 Å². The molecule has 0 saturated heterocycles. The van der Waals surface area contributed by atoms with E-state index in [1.807, 2.05) is 29.7 Å². The molecule has 0 bridgehead atoms. The van der Waals surface area contributed by atoms with Gasteiger partial charge in [-0.15, -0.1) is 0 Å². The van der Waals surface area contributed by atoms with Crippen molar-refractivity contribution in [3.63, 3.8) is 0 Å². The van der Waals surface area contributed by atoms with Crippen molar-refractivity contribution >= 4 is 23.3 Å². The Morgan fingerprint density at radius 2 is 2.00 bits per heavy atom. The van der Waals surface area contributed by atoms with Gasteiger partial charge in [0.25, 0.3) is 0 Å². The molecule has 1 aromatic heterocycles. The predicted molar refractivity (Wildman–Crippen MR) is 96.1 cm³/mol. The number of imidazole rings is 1. The second-order valence-electron chi connectivity index (χ2n) is 5.83. The van der Waals surface area contributed by atoms with Crippen molar-refractivity contribution < 1.29 is 9.90 Å². The van der Waals surface area contributed by atoms with E-state index in [2.05, 4.69) is 4.98 Å². The van der Waals surface area contributed by atoms with E-state index >= 15 is 0 Å². The first-order chi connectivity index (χ1) is 12.1. The minimum atomic E-state index is -0.979. The van der Waals surface area contributed by atoms with Crippen LogP contribution in [-0.2, 0) is 6.54 Å². The maximum atomic E-state index is 11.5. The van der Waals surface area contributed by atoms with Gasteiger partial charge in [0, 0.05) is 28.0 Å². The number of carbonyl (C=O) groups is 1. The molecule has 0 unspecified atom stereocenters. The van der Waals surface area contributed by atoms with E-state index in [1.165, 1.54) is 0 Å². The number of carboxylic acid groups (broad SMARTS) is 1. The van der Waals surface area contributed by atoms with E-state index in [-0.39, 0.29) is 5.56 Å². The fraction of sp³-hybridized carbons (Fsp3) is 0.105. The third kappa shape index (κ3) is 2.53. The average molecular weight is 352 g/mol. The van der Waals surface area contributed by atoms with Gasteiger partial charge in [-0.1, -0.05) is 29.8 Å². The monoisotopic (exact) mass is 351 g/mol. The molecule has 3 aromatic rings. The summed E-state index contributed by atoms with van der Waals surface area (Å²) in [6.45, 7) is 2.36. The van der Waals surface area contributed by atoms with Crippen molar-refractivity contribution in [1.29, 1.82) is 0 Å². The van der Waals surface area contributed by atoms with E-state index in [0.717, 1.165) is 28.3 Å². The zero-order valence-corrected chi connectivity index (χ0v) is 14.2. The summed E-state index contributed by atoms with van der Waals surface area (Å²) in [7, 11) is 0. The number of hydrogen-bond donors (Lipinski definition) is 1. The molecule has 0 atom stereocenters. The highest BCUT2D eigenvalue weighted by atomic mass is 35.5. The SMILES string of the molecule is Cc1cnc2n1-c1ccc(C(=O)O)cc1C(c1ccccc1Cl)=NC2. The van der Waals surface area contributed by atoms with Crippen LogP contribution in [0.4, 0.5) is 0 Å². The Hall–Kier alpha value is -2.92. The molecule has 4 rings (SSSR count). The Labute approximate surface area is 149 Å². The van der Waals surface area contributed by atoms with E-state index in [9.17, 15) is 9.90 Å². The molecule has 25 heavy (non-hydrogen) atoms. The zero-order chi connectivity index (χ0) is 17.6. The lowest BCUT2D eigenvalue weighted by molar-refractivity contribution is 0.0697. The molecule has 0 radical (unpaired) electrons. The summed E-state index contributed by atoms with van der Waals surface area (Å²) in [5, 5.41) is 9.97. The van der Waals surface area contributed by atoms with Gasteiger partial charge in [-0.2, -0.15) is 0 Å². The van der Waals surface area contributed by atoms with Crippen LogP contribution in [0, 0.1) is 6.92 Å². The Bertz CT molecular complexity index is 1040. The normalized spacial score (nSPS) is 12.8. The summed E-state index contributed by atoms with van der Waals surface area (Å²) in [6.07, 6.45) is 1.79. The van der Waals surface area contributed by atoms with Gasteiger partial charge in [0.05, 0.1) is 23.5 Å². The Kier molecular flexibility index (Phi) is 3.66. The lowest BCUT2D eigenvalue weighted by Gasteiger charge is -2.14. The molecule has 6 heteroatoms. The number of aliphatic imine (C=N–C) groups is 1. The van der Waals surface area contributed by atoms with Gasteiger partial charge in [-0.3, -0.25) is 9.56 Å². The van der Waals surface area contributed by atoms with Crippen molar-refractivity contribution in [2.75, 3.05) is 0 Å². The van der Waals surface area contributed by atoms with Gasteiger partial charge in [0.1, 0.15) is 5.82 Å². The number of aromatic carboxylic acids is 1. The van der Waals surface area contributed by atoms with Gasteiger partial charge in [0.15, 0.2) is 0 Å². The van der Waals surface area contributed by atoms with E-state index < -0.39 is 5.97 Å². The highest BCUT2D eigenvalue weighted by Crippen LogP contribution is 2.29. The van der Waals surface area contributed by atoms with Gasteiger partial charge >= 0.3 is 5.97 Å². The van der Waals surface area contributed by atoms with Crippen LogP contribution in [0.5, 0.6) is 0 Å². The number of aryl methyl sites for hydroxylation is 1. The topological polar surface area (TPSA) is 67.5 Å². The van der Waals surface area contributed by atoms with Gasteiger partial charge in [-0.25, -0.2) is 9.78 Å². The largest absolute Gasteiger partial charge is 0.478 e. The third-order valence-corrected chi connectivity index (χ3v) is 4.59. The first kappa shape index (κ1) is 15.6.